The van der Waals surface area contributed by atoms with Gasteiger partial charge in [0.05, 0.1) is 13.0 Å². The van der Waals surface area contributed by atoms with E-state index in [-0.39, 0.29) is 12.3 Å². The molecule has 2 N–H and O–H groups in total. The van der Waals surface area contributed by atoms with E-state index in [9.17, 15) is 4.79 Å². The van der Waals surface area contributed by atoms with E-state index in [1.807, 2.05) is 31.2 Å². The van der Waals surface area contributed by atoms with Crippen molar-refractivity contribution < 1.29 is 14.6 Å². The molecule has 3 aromatic rings. The lowest BCUT2D eigenvalue weighted by atomic mass is 9.86. The first-order valence-corrected chi connectivity index (χ1v) is 12.2. The number of carbonyl (C=O) groups is 1. The fraction of sp³-hybridized carbons (Fsp3) is 0.345. The van der Waals surface area contributed by atoms with Crippen molar-refractivity contribution in [1.29, 1.82) is 0 Å². The molecule has 0 bridgehead atoms. The topological polar surface area (TPSA) is 58.6 Å². The quantitative estimate of drug-likeness (QED) is 0.280. The van der Waals surface area contributed by atoms with Crippen LogP contribution >= 0.6 is 11.6 Å². The predicted octanol–water partition coefficient (Wildman–Crippen LogP) is 6.82. The van der Waals surface area contributed by atoms with Crippen molar-refractivity contribution in [3.63, 3.8) is 0 Å². The standard InChI is InChI=1S/C29H34ClNO3/c1-20-9-11-25(17-21(20)2)27(24-6-4-7-26(30)18-24)8-5-15-34-28-12-10-23(16-22(28)3)19-31-14-13-29(32)33/h4,6-7,9-12,16-18,27,31H,5,8,13-15,19H2,1-3H3,(H,32,33). The minimum Gasteiger partial charge on any atom is -0.493 e. The van der Waals surface area contributed by atoms with E-state index in [0.29, 0.717) is 19.7 Å². The highest BCUT2D eigenvalue weighted by Crippen LogP contribution is 2.32. The lowest BCUT2D eigenvalue weighted by molar-refractivity contribution is -0.136. The van der Waals surface area contributed by atoms with Gasteiger partial charge in [-0.25, -0.2) is 0 Å². The minimum absolute atomic E-state index is 0.124. The van der Waals surface area contributed by atoms with Crippen molar-refractivity contribution >= 4 is 17.6 Å². The Kier molecular flexibility index (Phi) is 9.55. The molecule has 4 nitrogen and oxygen atoms in total. The zero-order valence-electron chi connectivity index (χ0n) is 20.2. The minimum atomic E-state index is -0.789. The molecule has 0 aliphatic heterocycles. The Morgan fingerprint density at radius 3 is 2.47 bits per heavy atom. The molecule has 5 heteroatoms. The van der Waals surface area contributed by atoms with Crippen LogP contribution in [0.25, 0.3) is 0 Å². The summed E-state index contributed by atoms with van der Waals surface area (Å²) in [5.41, 5.74) is 7.33. The van der Waals surface area contributed by atoms with E-state index in [4.69, 9.17) is 21.4 Å². The van der Waals surface area contributed by atoms with E-state index in [2.05, 4.69) is 55.6 Å². The molecule has 180 valence electrons. The summed E-state index contributed by atoms with van der Waals surface area (Å²) in [6.45, 7) is 8.08. The lowest BCUT2D eigenvalue weighted by Crippen LogP contribution is -2.17. The summed E-state index contributed by atoms with van der Waals surface area (Å²) in [4.78, 5) is 10.6. The lowest BCUT2D eigenvalue weighted by Gasteiger charge is -2.20. The van der Waals surface area contributed by atoms with Gasteiger partial charge < -0.3 is 15.2 Å². The maximum absolute atomic E-state index is 10.6. The molecule has 0 heterocycles. The SMILES string of the molecule is Cc1ccc(C(CCCOc2ccc(CNCCC(=O)O)cc2C)c2cccc(Cl)c2)cc1C. The third-order valence-electron chi connectivity index (χ3n) is 6.16. The molecule has 3 aromatic carbocycles. The van der Waals surface area contributed by atoms with Crippen LogP contribution in [-0.4, -0.2) is 24.2 Å². The molecule has 0 saturated carbocycles. The van der Waals surface area contributed by atoms with Crippen LogP contribution in [0.1, 0.15) is 58.6 Å². The highest BCUT2D eigenvalue weighted by Gasteiger charge is 2.15. The Hall–Kier alpha value is -2.82. The van der Waals surface area contributed by atoms with Gasteiger partial charge in [-0.15, -0.1) is 0 Å². The first kappa shape index (κ1) is 25.8. The van der Waals surface area contributed by atoms with Gasteiger partial charge >= 0.3 is 5.97 Å². The van der Waals surface area contributed by atoms with E-state index < -0.39 is 5.97 Å². The summed E-state index contributed by atoms with van der Waals surface area (Å²) in [5, 5.41) is 12.6. The Morgan fingerprint density at radius 2 is 1.76 bits per heavy atom. The first-order valence-electron chi connectivity index (χ1n) is 11.8. The van der Waals surface area contributed by atoms with Gasteiger partial charge in [-0.2, -0.15) is 0 Å². The summed E-state index contributed by atoms with van der Waals surface area (Å²) >= 11 is 6.30. The van der Waals surface area contributed by atoms with Gasteiger partial charge in [-0.3, -0.25) is 4.79 Å². The number of aryl methyl sites for hydroxylation is 3. The Bertz CT molecular complexity index is 1110. The van der Waals surface area contributed by atoms with E-state index in [1.165, 1.54) is 22.3 Å². The molecule has 0 aliphatic rings. The van der Waals surface area contributed by atoms with Gasteiger partial charge in [0.25, 0.3) is 0 Å². The summed E-state index contributed by atoms with van der Waals surface area (Å²) < 4.78 is 6.11. The van der Waals surface area contributed by atoms with Gasteiger partial charge in [0.15, 0.2) is 0 Å². The van der Waals surface area contributed by atoms with Crippen molar-refractivity contribution in [2.24, 2.45) is 0 Å². The third kappa shape index (κ3) is 7.61. The number of ether oxygens (including phenoxy) is 1. The van der Waals surface area contributed by atoms with Crippen LogP contribution in [0, 0.1) is 20.8 Å². The van der Waals surface area contributed by atoms with Crippen LogP contribution in [0.5, 0.6) is 5.75 Å². The summed E-state index contributed by atoms with van der Waals surface area (Å²) in [6.07, 6.45) is 2.01. The Labute approximate surface area is 207 Å². The van der Waals surface area contributed by atoms with E-state index in [1.54, 1.807) is 0 Å². The van der Waals surface area contributed by atoms with Crippen LogP contribution < -0.4 is 10.1 Å². The van der Waals surface area contributed by atoms with Gasteiger partial charge in [-0.05, 0) is 85.2 Å². The molecule has 0 amide bonds. The smallest absolute Gasteiger partial charge is 0.304 e. The average Bonchev–Trinajstić information content (AvgIpc) is 2.80. The van der Waals surface area contributed by atoms with Crippen LogP contribution in [0.4, 0.5) is 0 Å². The number of benzene rings is 3. The second kappa shape index (κ2) is 12.6. The zero-order valence-corrected chi connectivity index (χ0v) is 21.0. The van der Waals surface area contributed by atoms with Crippen LogP contribution in [0.15, 0.2) is 60.7 Å². The highest BCUT2D eigenvalue weighted by molar-refractivity contribution is 6.30. The summed E-state index contributed by atoms with van der Waals surface area (Å²) in [7, 11) is 0. The number of nitrogens with one attached hydrogen (secondary N) is 1. The van der Waals surface area contributed by atoms with Crippen molar-refractivity contribution in [1.82, 2.24) is 5.32 Å². The molecule has 1 atom stereocenters. The molecular weight excluding hydrogens is 446 g/mol. The molecular formula is C29H34ClNO3. The molecule has 0 saturated heterocycles. The Balaban J connectivity index is 1.59. The molecule has 34 heavy (non-hydrogen) atoms. The number of carboxylic acids is 1. The monoisotopic (exact) mass is 479 g/mol. The van der Waals surface area contributed by atoms with Gasteiger partial charge in [0.1, 0.15) is 5.75 Å². The van der Waals surface area contributed by atoms with Gasteiger partial charge in [-0.1, -0.05) is 54.1 Å². The van der Waals surface area contributed by atoms with Crippen molar-refractivity contribution in [2.45, 2.75) is 52.5 Å². The second-order valence-electron chi connectivity index (χ2n) is 8.86. The molecule has 1 unspecified atom stereocenters. The third-order valence-corrected chi connectivity index (χ3v) is 6.40. The van der Waals surface area contributed by atoms with Crippen LogP contribution in [0.3, 0.4) is 0 Å². The molecule has 0 spiro atoms. The van der Waals surface area contributed by atoms with Crippen molar-refractivity contribution in [3.05, 3.63) is 99.1 Å². The largest absolute Gasteiger partial charge is 0.493 e. The average molecular weight is 480 g/mol. The normalized spacial score (nSPS) is 11.9. The molecule has 0 aliphatic carbocycles. The Morgan fingerprint density at radius 1 is 0.971 bits per heavy atom. The number of aliphatic carboxylic acids is 1. The fourth-order valence-electron chi connectivity index (χ4n) is 4.11. The zero-order chi connectivity index (χ0) is 24.5. The number of hydrogen-bond donors (Lipinski definition) is 2. The molecule has 0 radical (unpaired) electrons. The van der Waals surface area contributed by atoms with Gasteiger partial charge in [0, 0.05) is 24.0 Å². The number of carboxylic acid groups (broad SMARTS) is 1. The number of hydrogen-bond acceptors (Lipinski definition) is 3. The molecule has 3 rings (SSSR count). The highest BCUT2D eigenvalue weighted by atomic mass is 35.5. The summed E-state index contributed by atoms with van der Waals surface area (Å²) in [6, 6.07) is 21.0. The number of rotatable bonds is 12. The van der Waals surface area contributed by atoms with E-state index in [0.717, 1.165) is 34.7 Å². The van der Waals surface area contributed by atoms with Gasteiger partial charge in [0.2, 0.25) is 0 Å². The van der Waals surface area contributed by atoms with E-state index >= 15 is 0 Å². The maximum atomic E-state index is 10.6. The predicted molar refractivity (Wildman–Crippen MR) is 139 cm³/mol. The second-order valence-corrected chi connectivity index (χ2v) is 9.30. The van der Waals surface area contributed by atoms with Crippen LogP contribution in [-0.2, 0) is 11.3 Å². The fourth-order valence-corrected chi connectivity index (χ4v) is 4.31. The maximum Gasteiger partial charge on any atom is 0.304 e. The summed E-state index contributed by atoms with van der Waals surface area (Å²) in [5.74, 6) is 0.365. The number of halogens is 1. The van der Waals surface area contributed by atoms with Crippen LogP contribution in [0.2, 0.25) is 5.02 Å². The molecule has 0 fully saturated rings. The van der Waals surface area contributed by atoms with Crippen molar-refractivity contribution in [2.75, 3.05) is 13.2 Å². The first-order chi connectivity index (χ1) is 16.3. The molecule has 0 aromatic heterocycles. The van der Waals surface area contributed by atoms with Crippen molar-refractivity contribution in [3.8, 4) is 5.75 Å².